The van der Waals surface area contributed by atoms with Crippen molar-refractivity contribution in [1.29, 1.82) is 0 Å². The largest absolute Gasteiger partial charge is 0.310 e. The molecule has 2 unspecified atom stereocenters. The molecule has 0 bridgehead atoms. The van der Waals surface area contributed by atoms with Crippen LogP contribution >= 0.6 is 0 Å². The van der Waals surface area contributed by atoms with Crippen LogP contribution in [0, 0.1) is 5.95 Å². The molecule has 5 nitrogen and oxygen atoms in total. The van der Waals surface area contributed by atoms with Crippen LogP contribution < -0.4 is 10.0 Å². The van der Waals surface area contributed by atoms with Crippen LogP contribution in [0.2, 0.25) is 0 Å². The second-order valence-corrected chi connectivity index (χ2v) is 8.85. The molecule has 2 atom stereocenters. The molecule has 1 fully saturated rings. The lowest BCUT2D eigenvalue weighted by atomic mass is 10.0. The molecule has 7 heteroatoms. The summed E-state index contributed by atoms with van der Waals surface area (Å²) in [5.41, 5.74) is 3.35. The molecule has 0 amide bonds. The lowest BCUT2D eigenvalue weighted by molar-refractivity contribution is 0.584. The van der Waals surface area contributed by atoms with Gasteiger partial charge < -0.3 is 5.32 Å². The van der Waals surface area contributed by atoms with Gasteiger partial charge in [-0.05, 0) is 61.8 Å². The second-order valence-electron chi connectivity index (χ2n) is 7.47. The first-order valence-corrected chi connectivity index (χ1v) is 11.7. The van der Waals surface area contributed by atoms with Crippen molar-refractivity contribution in [3.05, 3.63) is 90.8 Å². The van der Waals surface area contributed by atoms with Crippen LogP contribution in [0.3, 0.4) is 0 Å². The third-order valence-corrected chi connectivity index (χ3v) is 6.59. The van der Waals surface area contributed by atoms with Crippen molar-refractivity contribution in [2.24, 2.45) is 0 Å². The smallest absolute Gasteiger partial charge is 0.212 e. The second kappa shape index (κ2) is 10.5. The van der Waals surface area contributed by atoms with Crippen molar-refractivity contribution in [2.45, 2.75) is 23.8 Å². The van der Waals surface area contributed by atoms with Crippen LogP contribution in [0.15, 0.2) is 84.1 Å². The molecular weight excluding hydrogens is 423 g/mol. The highest BCUT2D eigenvalue weighted by Crippen LogP contribution is 2.26. The normalized spacial score (nSPS) is 16.4. The molecule has 0 radical (unpaired) electrons. The SMILES string of the molecule is CNS(=O)c1cccc2cnccc12.Fc1ccc(-c2ccc(C3CCCN3)cc2)cn1. The highest BCUT2D eigenvalue weighted by Gasteiger charge is 2.15. The fourth-order valence-electron chi connectivity index (χ4n) is 3.79. The molecular formula is C25H25FN4OS. The van der Waals surface area contributed by atoms with Crippen molar-refractivity contribution >= 4 is 21.8 Å². The topological polar surface area (TPSA) is 66.9 Å². The van der Waals surface area contributed by atoms with Gasteiger partial charge in [0.2, 0.25) is 5.95 Å². The maximum absolute atomic E-state index is 12.8. The molecule has 1 saturated heterocycles. The van der Waals surface area contributed by atoms with E-state index in [9.17, 15) is 8.60 Å². The predicted octanol–water partition coefficient (Wildman–Crippen LogP) is 4.79. The van der Waals surface area contributed by atoms with Crippen LogP contribution in [-0.4, -0.2) is 27.8 Å². The Labute approximate surface area is 189 Å². The highest BCUT2D eigenvalue weighted by atomic mass is 32.2. The zero-order valence-corrected chi connectivity index (χ0v) is 18.6. The number of aromatic nitrogens is 2. The quantitative estimate of drug-likeness (QED) is 0.441. The lowest BCUT2D eigenvalue weighted by Gasteiger charge is -2.11. The predicted molar refractivity (Wildman–Crippen MR) is 127 cm³/mol. The van der Waals surface area contributed by atoms with Crippen molar-refractivity contribution < 1.29 is 8.60 Å². The third-order valence-electron chi connectivity index (χ3n) is 5.46. The summed E-state index contributed by atoms with van der Waals surface area (Å²) < 4.78 is 27.1. The van der Waals surface area contributed by atoms with E-state index in [1.165, 1.54) is 24.5 Å². The number of benzene rings is 2. The van der Waals surface area contributed by atoms with Crippen LogP contribution in [0.25, 0.3) is 21.9 Å². The first-order valence-electron chi connectivity index (χ1n) is 10.5. The number of hydrogen-bond donors (Lipinski definition) is 2. The maximum Gasteiger partial charge on any atom is 0.212 e. The van der Waals surface area contributed by atoms with Gasteiger partial charge in [-0.25, -0.2) is 13.9 Å². The van der Waals surface area contributed by atoms with Crippen LogP contribution in [0.5, 0.6) is 0 Å². The number of pyridine rings is 2. The molecule has 2 N–H and O–H groups in total. The van der Waals surface area contributed by atoms with E-state index in [2.05, 4.69) is 44.3 Å². The summed E-state index contributed by atoms with van der Waals surface area (Å²) in [7, 11) is 0.534. The van der Waals surface area contributed by atoms with E-state index in [4.69, 9.17) is 0 Å². The Balaban J connectivity index is 0.000000158. The van der Waals surface area contributed by atoms with Gasteiger partial charge in [0.1, 0.15) is 11.0 Å². The van der Waals surface area contributed by atoms with E-state index in [0.717, 1.165) is 33.3 Å². The summed E-state index contributed by atoms with van der Waals surface area (Å²) >= 11 is 0. The Morgan fingerprint density at radius 3 is 2.53 bits per heavy atom. The molecule has 0 saturated carbocycles. The van der Waals surface area contributed by atoms with Crippen molar-refractivity contribution in [1.82, 2.24) is 20.0 Å². The highest BCUT2D eigenvalue weighted by molar-refractivity contribution is 7.83. The molecule has 5 rings (SSSR count). The Kier molecular flexibility index (Phi) is 7.32. The lowest BCUT2D eigenvalue weighted by Crippen LogP contribution is -2.12. The molecule has 1 aliphatic rings. The first-order chi connectivity index (χ1) is 15.7. The van der Waals surface area contributed by atoms with Crippen LogP contribution in [0.1, 0.15) is 24.4 Å². The average Bonchev–Trinajstić information content (AvgIpc) is 3.39. The summed E-state index contributed by atoms with van der Waals surface area (Å²) in [5, 5.41) is 5.47. The molecule has 164 valence electrons. The summed E-state index contributed by atoms with van der Waals surface area (Å²) in [6.45, 7) is 1.11. The average molecular weight is 449 g/mol. The van der Waals surface area contributed by atoms with Gasteiger partial charge in [-0.15, -0.1) is 0 Å². The van der Waals surface area contributed by atoms with Gasteiger partial charge >= 0.3 is 0 Å². The van der Waals surface area contributed by atoms with Crippen LogP contribution in [-0.2, 0) is 11.0 Å². The van der Waals surface area contributed by atoms with Crippen molar-refractivity contribution in [3.8, 4) is 11.1 Å². The minimum Gasteiger partial charge on any atom is -0.310 e. The Morgan fingerprint density at radius 2 is 1.84 bits per heavy atom. The van der Waals surface area contributed by atoms with Gasteiger partial charge in [0, 0.05) is 41.0 Å². The molecule has 32 heavy (non-hydrogen) atoms. The van der Waals surface area contributed by atoms with E-state index in [-0.39, 0.29) is 0 Å². The summed E-state index contributed by atoms with van der Waals surface area (Å²) in [5.74, 6) is -0.439. The van der Waals surface area contributed by atoms with E-state index < -0.39 is 16.9 Å². The summed E-state index contributed by atoms with van der Waals surface area (Å²) in [6.07, 6.45) is 7.49. The fourth-order valence-corrected chi connectivity index (χ4v) is 4.60. The van der Waals surface area contributed by atoms with Gasteiger partial charge in [0.05, 0.1) is 4.90 Å². The Morgan fingerprint density at radius 1 is 1.03 bits per heavy atom. The van der Waals surface area contributed by atoms with E-state index in [1.807, 2.05) is 24.3 Å². The Bertz CT molecular complexity index is 1190. The third kappa shape index (κ3) is 5.24. The van der Waals surface area contributed by atoms with Crippen molar-refractivity contribution in [2.75, 3.05) is 13.6 Å². The van der Waals surface area contributed by atoms with Gasteiger partial charge in [-0.3, -0.25) is 4.98 Å². The summed E-state index contributed by atoms with van der Waals surface area (Å²) in [4.78, 5) is 8.49. The molecule has 0 spiro atoms. The number of hydrogen-bond acceptors (Lipinski definition) is 4. The first kappa shape index (κ1) is 22.2. The van der Waals surface area contributed by atoms with Gasteiger partial charge in [0.25, 0.3) is 0 Å². The number of rotatable bonds is 4. The van der Waals surface area contributed by atoms with Crippen molar-refractivity contribution in [3.63, 3.8) is 0 Å². The Hall–Kier alpha value is -3.00. The molecule has 0 aliphatic carbocycles. The fraction of sp³-hybridized carbons (Fsp3) is 0.200. The molecule has 2 aromatic carbocycles. The number of nitrogens with zero attached hydrogens (tertiary/aromatic N) is 2. The standard InChI is InChI=1S/C15H15FN2.C10H10N2OS/c16-15-8-7-13(10-18-15)11-3-5-12(6-4-11)14-2-1-9-17-14;1-11-14(13)10-4-2-3-8-7-12-6-5-9(8)10/h3-8,10,14,17H,1-2,9H2;2-7,11H,1H3. The monoisotopic (exact) mass is 448 g/mol. The van der Waals surface area contributed by atoms with Gasteiger partial charge in [-0.1, -0.05) is 36.4 Å². The number of halogens is 1. The number of nitrogens with one attached hydrogen (secondary N) is 2. The molecule has 1 aliphatic heterocycles. The van der Waals surface area contributed by atoms with Crippen LogP contribution in [0.4, 0.5) is 4.39 Å². The van der Waals surface area contributed by atoms with Gasteiger partial charge in [-0.2, -0.15) is 4.39 Å². The van der Waals surface area contributed by atoms with E-state index >= 15 is 0 Å². The zero-order chi connectivity index (χ0) is 22.3. The number of fused-ring (bicyclic) bond motifs is 1. The maximum atomic E-state index is 12.8. The molecule has 2 aromatic heterocycles. The van der Waals surface area contributed by atoms with E-state index in [0.29, 0.717) is 6.04 Å². The molecule has 4 aromatic rings. The van der Waals surface area contributed by atoms with E-state index in [1.54, 1.807) is 31.7 Å². The zero-order valence-electron chi connectivity index (χ0n) is 17.8. The minimum absolute atomic E-state index is 0.439. The van der Waals surface area contributed by atoms with Gasteiger partial charge in [0.15, 0.2) is 0 Å². The summed E-state index contributed by atoms with van der Waals surface area (Å²) in [6, 6.07) is 19.6. The minimum atomic E-state index is -1.14. The molecule has 3 heterocycles.